The van der Waals surface area contributed by atoms with E-state index in [1.54, 1.807) is 31.4 Å². The van der Waals surface area contributed by atoms with Gasteiger partial charge in [0.25, 0.3) is 0 Å². The monoisotopic (exact) mass is 372 g/mol. The molecule has 134 valence electrons. The Balaban J connectivity index is 2.08. The van der Waals surface area contributed by atoms with Gasteiger partial charge in [-0.15, -0.1) is 0 Å². The smallest absolute Gasteiger partial charge is 0.358 e. The number of Topliss-reactive ketones (excluding diaryl/α,β-unsaturated/α-hetero) is 1. The molecule has 0 saturated carbocycles. The second kappa shape index (κ2) is 7.13. The number of carbonyl (C=O) groups excluding carboxylic acids is 2. The predicted molar refractivity (Wildman–Crippen MR) is 98.1 cm³/mol. The van der Waals surface area contributed by atoms with Crippen LogP contribution in [-0.2, 0) is 11.2 Å². The lowest BCUT2D eigenvalue weighted by atomic mass is 10.0. The number of hydrogen-bond donors (Lipinski definition) is 1. The molecule has 0 radical (unpaired) electrons. The summed E-state index contributed by atoms with van der Waals surface area (Å²) in [4.78, 5) is 28.8. The first-order valence-corrected chi connectivity index (χ1v) is 8.25. The van der Waals surface area contributed by atoms with E-state index in [-0.39, 0.29) is 17.9 Å². The molecule has 3 heterocycles. The van der Waals surface area contributed by atoms with Crippen molar-refractivity contribution in [3.8, 4) is 0 Å². The van der Waals surface area contributed by atoms with Crippen molar-refractivity contribution in [2.24, 2.45) is 0 Å². The summed E-state index contributed by atoms with van der Waals surface area (Å²) in [6, 6.07) is 4.98. The van der Waals surface area contributed by atoms with E-state index in [1.165, 1.54) is 17.8 Å². The van der Waals surface area contributed by atoms with Crippen molar-refractivity contribution in [2.75, 3.05) is 19.5 Å². The number of ketones is 1. The van der Waals surface area contributed by atoms with Gasteiger partial charge in [0.15, 0.2) is 11.5 Å². The molecule has 8 heteroatoms. The number of halogens is 1. The van der Waals surface area contributed by atoms with Gasteiger partial charge in [0, 0.05) is 31.4 Å². The molecule has 0 aliphatic carbocycles. The number of methoxy groups -OCH3 is 1. The molecule has 0 aliphatic heterocycles. The minimum atomic E-state index is -0.567. The van der Waals surface area contributed by atoms with Crippen LogP contribution in [0.3, 0.4) is 0 Å². The average molecular weight is 373 g/mol. The van der Waals surface area contributed by atoms with Gasteiger partial charge in [-0.2, -0.15) is 5.10 Å². The van der Waals surface area contributed by atoms with Crippen molar-refractivity contribution in [3.05, 3.63) is 58.0 Å². The Morgan fingerprint density at radius 1 is 1.31 bits per heavy atom. The van der Waals surface area contributed by atoms with Crippen LogP contribution in [-0.4, -0.2) is 40.5 Å². The van der Waals surface area contributed by atoms with Crippen molar-refractivity contribution in [1.29, 1.82) is 0 Å². The maximum Gasteiger partial charge on any atom is 0.358 e. The first kappa shape index (κ1) is 17.9. The summed E-state index contributed by atoms with van der Waals surface area (Å²) >= 11 is 6.19. The molecular formula is C18H17ClN4O3. The van der Waals surface area contributed by atoms with Crippen LogP contribution in [0.1, 0.15) is 32.0 Å². The fourth-order valence-corrected chi connectivity index (χ4v) is 3.01. The number of anilines is 1. The average Bonchev–Trinajstić information content (AvgIpc) is 3.08. The van der Waals surface area contributed by atoms with E-state index in [9.17, 15) is 9.59 Å². The van der Waals surface area contributed by atoms with E-state index in [4.69, 9.17) is 16.3 Å². The lowest BCUT2D eigenvalue weighted by Crippen LogP contribution is -2.09. The second-order valence-electron chi connectivity index (χ2n) is 5.72. The molecule has 0 spiro atoms. The van der Waals surface area contributed by atoms with Crippen molar-refractivity contribution in [2.45, 2.75) is 13.3 Å². The molecule has 0 atom stereocenters. The first-order valence-electron chi connectivity index (χ1n) is 7.87. The van der Waals surface area contributed by atoms with Crippen LogP contribution in [0.25, 0.3) is 5.52 Å². The molecule has 0 amide bonds. The zero-order chi connectivity index (χ0) is 18.8. The molecule has 3 aromatic rings. The molecular weight excluding hydrogens is 356 g/mol. The summed E-state index contributed by atoms with van der Waals surface area (Å²) < 4.78 is 6.24. The normalized spacial score (nSPS) is 10.8. The first-order chi connectivity index (χ1) is 12.5. The van der Waals surface area contributed by atoms with Crippen LogP contribution < -0.4 is 5.32 Å². The van der Waals surface area contributed by atoms with Gasteiger partial charge in [-0.25, -0.2) is 9.31 Å². The van der Waals surface area contributed by atoms with Crippen molar-refractivity contribution in [3.63, 3.8) is 0 Å². The minimum Gasteiger partial charge on any atom is -0.464 e. The molecule has 0 saturated heterocycles. The van der Waals surface area contributed by atoms with E-state index < -0.39 is 5.97 Å². The summed E-state index contributed by atoms with van der Waals surface area (Å²) in [5.41, 5.74) is 2.67. The third-order valence-corrected chi connectivity index (χ3v) is 4.46. The number of ether oxygens (including phenoxy) is 1. The number of pyridine rings is 2. The van der Waals surface area contributed by atoms with Crippen molar-refractivity contribution >= 4 is 34.7 Å². The van der Waals surface area contributed by atoms with E-state index in [1.807, 2.05) is 6.92 Å². The Kier molecular flexibility index (Phi) is 4.90. The molecule has 0 fully saturated rings. The van der Waals surface area contributed by atoms with Crippen LogP contribution in [0.15, 0.2) is 30.6 Å². The number of aromatic nitrogens is 3. The fourth-order valence-electron chi connectivity index (χ4n) is 2.74. The number of carbonyl (C=O) groups is 2. The standard InChI is InChI=1S/C18H17ClN4O3/c1-10-8-21-9-13(19)12(10)6-16(24)11-4-5-17(20-2)23-15(11)7-14(22-23)18(25)26-3/h4-5,7-9,20H,6H2,1-3H3. The summed E-state index contributed by atoms with van der Waals surface area (Å²) in [6.07, 6.45) is 3.31. The number of rotatable bonds is 5. The third-order valence-electron chi connectivity index (χ3n) is 4.13. The van der Waals surface area contributed by atoms with Gasteiger partial charge in [0.1, 0.15) is 5.82 Å². The molecule has 0 aromatic carbocycles. The Morgan fingerprint density at radius 2 is 2.08 bits per heavy atom. The van der Waals surface area contributed by atoms with Gasteiger partial charge in [0.2, 0.25) is 0 Å². The Morgan fingerprint density at radius 3 is 2.73 bits per heavy atom. The lowest BCUT2D eigenvalue weighted by molar-refractivity contribution is 0.0593. The number of nitrogens with zero attached hydrogens (tertiary/aromatic N) is 3. The zero-order valence-corrected chi connectivity index (χ0v) is 15.3. The van der Waals surface area contributed by atoms with Gasteiger partial charge in [-0.1, -0.05) is 11.6 Å². The molecule has 7 nitrogen and oxygen atoms in total. The number of hydrogen-bond acceptors (Lipinski definition) is 6. The van der Waals surface area contributed by atoms with Crippen LogP contribution in [0.4, 0.5) is 5.82 Å². The number of esters is 1. The quantitative estimate of drug-likeness (QED) is 0.547. The zero-order valence-electron chi connectivity index (χ0n) is 14.5. The van der Waals surface area contributed by atoms with Gasteiger partial charge >= 0.3 is 5.97 Å². The topological polar surface area (TPSA) is 85.6 Å². The van der Waals surface area contributed by atoms with Gasteiger partial charge in [0.05, 0.1) is 17.6 Å². The fraction of sp³-hybridized carbons (Fsp3) is 0.222. The van der Waals surface area contributed by atoms with E-state index in [0.29, 0.717) is 21.9 Å². The summed E-state index contributed by atoms with van der Waals surface area (Å²) in [5.74, 6) is -0.0582. The molecule has 0 aliphatic rings. The van der Waals surface area contributed by atoms with E-state index in [0.717, 1.165) is 11.1 Å². The van der Waals surface area contributed by atoms with E-state index in [2.05, 4.69) is 15.4 Å². The Hall–Kier alpha value is -2.93. The molecule has 0 bridgehead atoms. The predicted octanol–water partition coefficient (Wildman–Crippen LogP) is 2.94. The summed E-state index contributed by atoms with van der Waals surface area (Å²) in [6.45, 7) is 1.86. The van der Waals surface area contributed by atoms with Gasteiger partial charge in [-0.05, 0) is 36.2 Å². The van der Waals surface area contributed by atoms with Crippen LogP contribution >= 0.6 is 11.6 Å². The maximum atomic E-state index is 12.9. The molecule has 0 unspecified atom stereocenters. The highest BCUT2D eigenvalue weighted by atomic mass is 35.5. The molecule has 1 N–H and O–H groups in total. The largest absolute Gasteiger partial charge is 0.464 e. The third kappa shape index (κ3) is 3.13. The van der Waals surface area contributed by atoms with Crippen LogP contribution in [0.5, 0.6) is 0 Å². The SMILES string of the molecule is CNc1ccc(C(=O)Cc2c(C)cncc2Cl)c2cc(C(=O)OC)nn12. The number of nitrogens with one attached hydrogen (secondary N) is 1. The van der Waals surface area contributed by atoms with Gasteiger partial charge < -0.3 is 10.1 Å². The van der Waals surface area contributed by atoms with Crippen LogP contribution in [0, 0.1) is 6.92 Å². The lowest BCUT2D eigenvalue weighted by Gasteiger charge is -2.10. The second-order valence-corrected chi connectivity index (χ2v) is 6.12. The Labute approximate surface area is 154 Å². The highest BCUT2D eigenvalue weighted by Gasteiger charge is 2.20. The van der Waals surface area contributed by atoms with Crippen molar-refractivity contribution < 1.29 is 14.3 Å². The Bertz CT molecular complexity index is 993. The molecule has 26 heavy (non-hydrogen) atoms. The van der Waals surface area contributed by atoms with Crippen molar-refractivity contribution in [1.82, 2.24) is 14.6 Å². The maximum absolute atomic E-state index is 12.9. The number of fused-ring (bicyclic) bond motifs is 1. The highest BCUT2D eigenvalue weighted by Crippen LogP contribution is 2.24. The number of aryl methyl sites for hydroxylation is 1. The minimum absolute atomic E-state index is 0.125. The summed E-state index contributed by atoms with van der Waals surface area (Å²) in [5, 5.41) is 7.66. The molecule has 3 aromatic heterocycles. The van der Waals surface area contributed by atoms with Gasteiger partial charge in [-0.3, -0.25) is 9.78 Å². The highest BCUT2D eigenvalue weighted by molar-refractivity contribution is 6.31. The summed E-state index contributed by atoms with van der Waals surface area (Å²) in [7, 11) is 3.02. The van der Waals surface area contributed by atoms with E-state index >= 15 is 0 Å². The molecule has 3 rings (SSSR count). The van der Waals surface area contributed by atoms with Crippen LogP contribution in [0.2, 0.25) is 5.02 Å².